The van der Waals surface area contributed by atoms with E-state index in [0.717, 1.165) is 17.9 Å². The molecule has 86 valence electrons. The van der Waals surface area contributed by atoms with Gasteiger partial charge in [0.25, 0.3) is 0 Å². The lowest BCUT2D eigenvalue weighted by atomic mass is 10.0. The number of hydrogen-bond acceptors (Lipinski definition) is 3. The number of benzene rings is 1. The molecule has 0 amide bonds. The summed E-state index contributed by atoms with van der Waals surface area (Å²) in [5, 5.41) is 8.62. The van der Waals surface area contributed by atoms with E-state index in [1.807, 2.05) is 18.0 Å². The Morgan fingerprint density at radius 1 is 1.31 bits per heavy atom. The van der Waals surface area contributed by atoms with Crippen molar-refractivity contribution in [3.05, 3.63) is 28.8 Å². The lowest BCUT2D eigenvalue weighted by Gasteiger charge is -2.16. The van der Waals surface area contributed by atoms with Gasteiger partial charge in [-0.05, 0) is 38.1 Å². The van der Waals surface area contributed by atoms with E-state index in [9.17, 15) is 0 Å². The summed E-state index contributed by atoms with van der Waals surface area (Å²) in [6.45, 7) is 5.32. The van der Waals surface area contributed by atoms with Crippen molar-refractivity contribution in [1.29, 1.82) is 5.26 Å². The third-order valence-electron chi connectivity index (χ3n) is 2.68. The third-order valence-corrected chi connectivity index (χ3v) is 2.68. The second-order valence-corrected chi connectivity index (χ2v) is 4.08. The highest BCUT2D eigenvalue weighted by atomic mass is 16.5. The molecule has 0 N–H and O–H groups in total. The van der Waals surface area contributed by atoms with Gasteiger partial charge in [-0.3, -0.25) is 4.90 Å². The van der Waals surface area contributed by atoms with Crippen molar-refractivity contribution in [3.63, 3.8) is 0 Å². The number of hydrogen-bond donors (Lipinski definition) is 0. The van der Waals surface area contributed by atoms with Crippen LogP contribution in [0, 0.1) is 25.2 Å². The van der Waals surface area contributed by atoms with E-state index in [0.29, 0.717) is 6.54 Å². The van der Waals surface area contributed by atoms with E-state index in [-0.39, 0.29) is 0 Å². The van der Waals surface area contributed by atoms with Crippen LogP contribution in [-0.4, -0.2) is 25.6 Å². The first kappa shape index (κ1) is 12.5. The van der Waals surface area contributed by atoms with E-state index in [1.165, 1.54) is 11.1 Å². The molecule has 0 aromatic heterocycles. The molecule has 0 unspecified atom stereocenters. The zero-order valence-electron chi connectivity index (χ0n) is 10.4. The number of ether oxygens (including phenoxy) is 1. The van der Waals surface area contributed by atoms with Crippen LogP contribution in [0.2, 0.25) is 0 Å². The van der Waals surface area contributed by atoms with Crippen LogP contribution in [-0.2, 0) is 6.54 Å². The SMILES string of the molecule is COc1cc(C)c(C)cc1CN(C)CC#N. The molecular formula is C13H18N2O. The van der Waals surface area contributed by atoms with Crippen LogP contribution in [0.5, 0.6) is 5.75 Å². The van der Waals surface area contributed by atoms with Crippen LogP contribution in [0.4, 0.5) is 0 Å². The smallest absolute Gasteiger partial charge is 0.123 e. The highest BCUT2D eigenvalue weighted by Crippen LogP contribution is 2.23. The van der Waals surface area contributed by atoms with Gasteiger partial charge < -0.3 is 4.74 Å². The quantitative estimate of drug-likeness (QED) is 0.727. The summed E-state index contributed by atoms with van der Waals surface area (Å²) in [7, 11) is 3.61. The van der Waals surface area contributed by atoms with Crippen molar-refractivity contribution in [2.75, 3.05) is 20.7 Å². The maximum absolute atomic E-state index is 8.62. The van der Waals surface area contributed by atoms with Crippen molar-refractivity contribution < 1.29 is 4.74 Å². The minimum absolute atomic E-state index is 0.427. The Morgan fingerprint density at radius 2 is 1.94 bits per heavy atom. The Morgan fingerprint density at radius 3 is 2.50 bits per heavy atom. The van der Waals surface area contributed by atoms with Crippen molar-refractivity contribution in [1.82, 2.24) is 4.90 Å². The molecule has 0 radical (unpaired) electrons. The molecular weight excluding hydrogens is 200 g/mol. The number of rotatable bonds is 4. The largest absolute Gasteiger partial charge is 0.496 e. The van der Waals surface area contributed by atoms with Gasteiger partial charge in [0, 0.05) is 12.1 Å². The summed E-state index contributed by atoms with van der Waals surface area (Å²) < 4.78 is 5.35. The third kappa shape index (κ3) is 2.98. The fourth-order valence-corrected chi connectivity index (χ4v) is 1.63. The molecule has 0 aliphatic rings. The summed E-state index contributed by atoms with van der Waals surface area (Å²) in [6, 6.07) is 6.31. The molecule has 0 saturated carbocycles. The zero-order chi connectivity index (χ0) is 12.1. The number of nitrogens with zero attached hydrogens (tertiary/aromatic N) is 2. The molecule has 3 heteroatoms. The van der Waals surface area contributed by atoms with Crippen LogP contribution >= 0.6 is 0 Å². The molecule has 0 atom stereocenters. The molecule has 1 aromatic carbocycles. The average Bonchev–Trinajstić information content (AvgIpc) is 2.23. The molecule has 0 aliphatic heterocycles. The molecule has 1 aromatic rings. The Bertz CT molecular complexity index is 407. The number of nitriles is 1. The summed E-state index contributed by atoms with van der Waals surface area (Å²) in [4.78, 5) is 1.96. The van der Waals surface area contributed by atoms with Gasteiger partial charge >= 0.3 is 0 Å². The summed E-state index contributed by atoms with van der Waals surface area (Å²) >= 11 is 0. The molecule has 0 saturated heterocycles. The lowest BCUT2D eigenvalue weighted by Crippen LogP contribution is -2.18. The summed E-state index contributed by atoms with van der Waals surface area (Å²) in [5.74, 6) is 0.896. The minimum Gasteiger partial charge on any atom is -0.496 e. The molecule has 0 aliphatic carbocycles. The zero-order valence-corrected chi connectivity index (χ0v) is 10.4. The number of aryl methyl sites for hydroxylation is 2. The van der Waals surface area contributed by atoms with Crippen LogP contribution in [0.1, 0.15) is 16.7 Å². The van der Waals surface area contributed by atoms with E-state index in [1.54, 1.807) is 7.11 Å². The molecule has 0 spiro atoms. The topological polar surface area (TPSA) is 36.3 Å². The first-order valence-corrected chi connectivity index (χ1v) is 5.28. The van der Waals surface area contributed by atoms with Crippen molar-refractivity contribution in [2.45, 2.75) is 20.4 Å². The van der Waals surface area contributed by atoms with E-state index in [2.05, 4.69) is 26.0 Å². The van der Waals surface area contributed by atoms with E-state index < -0.39 is 0 Å². The maximum Gasteiger partial charge on any atom is 0.123 e. The average molecular weight is 218 g/mol. The number of methoxy groups -OCH3 is 1. The highest BCUT2D eigenvalue weighted by molar-refractivity contribution is 5.41. The molecule has 1 rings (SSSR count). The molecule has 16 heavy (non-hydrogen) atoms. The van der Waals surface area contributed by atoms with Crippen LogP contribution in [0.15, 0.2) is 12.1 Å². The van der Waals surface area contributed by atoms with Crippen molar-refractivity contribution >= 4 is 0 Å². The summed E-state index contributed by atoms with van der Waals surface area (Å²) in [6.07, 6.45) is 0. The molecule has 3 nitrogen and oxygen atoms in total. The Kier molecular flexibility index (Phi) is 4.33. The lowest BCUT2D eigenvalue weighted by molar-refractivity contribution is 0.349. The Balaban J connectivity index is 2.94. The Labute approximate surface area is 97.3 Å². The Hall–Kier alpha value is -1.53. The van der Waals surface area contributed by atoms with Crippen molar-refractivity contribution in [2.24, 2.45) is 0 Å². The molecule has 0 heterocycles. The molecule has 0 fully saturated rings. The van der Waals surface area contributed by atoms with E-state index in [4.69, 9.17) is 10.00 Å². The monoisotopic (exact) mass is 218 g/mol. The van der Waals surface area contributed by atoms with Gasteiger partial charge in [-0.25, -0.2) is 0 Å². The van der Waals surface area contributed by atoms with Crippen LogP contribution in [0.25, 0.3) is 0 Å². The van der Waals surface area contributed by atoms with Gasteiger partial charge in [0.1, 0.15) is 5.75 Å². The van der Waals surface area contributed by atoms with Crippen LogP contribution in [0.3, 0.4) is 0 Å². The van der Waals surface area contributed by atoms with Gasteiger partial charge in [0.05, 0.1) is 19.7 Å². The van der Waals surface area contributed by atoms with Gasteiger partial charge in [-0.2, -0.15) is 5.26 Å². The van der Waals surface area contributed by atoms with Gasteiger partial charge in [-0.1, -0.05) is 6.07 Å². The fraction of sp³-hybridized carbons (Fsp3) is 0.462. The minimum atomic E-state index is 0.427. The highest BCUT2D eigenvalue weighted by Gasteiger charge is 2.08. The van der Waals surface area contributed by atoms with E-state index >= 15 is 0 Å². The first-order valence-electron chi connectivity index (χ1n) is 5.28. The standard InChI is InChI=1S/C13H18N2O/c1-10-7-12(9-15(3)6-5-14)13(16-4)8-11(10)2/h7-8H,6,9H2,1-4H3. The fourth-order valence-electron chi connectivity index (χ4n) is 1.63. The normalized spacial score (nSPS) is 10.2. The van der Waals surface area contributed by atoms with Gasteiger partial charge in [-0.15, -0.1) is 0 Å². The second kappa shape index (κ2) is 5.53. The predicted molar refractivity (Wildman–Crippen MR) is 64.4 cm³/mol. The van der Waals surface area contributed by atoms with Crippen molar-refractivity contribution in [3.8, 4) is 11.8 Å². The first-order chi connectivity index (χ1) is 7.58. The van der Waals surface area contributed by atoms with Gasteiger partial charge in [0.15, 0.2) is 0 Å². The second-order valence-electron chi connectivity index (χ2n) is 4.08. The predicted octanol–water partition coefficient (Wildman–Crippen LogP) is 2.27. The van der Waals surface area contributed by atoms with Gasteiger partial charge in [0.2, 0.25) is 0 Å². The maximum atomic E-state index is 8.62. The van der Waals surface area contributed by atoms with Crippen LogP contribution < -0.4 is 4.74 Å². The summed E-state index contributed by atoms with van der Waals surface area (Å²) in [5.41, 5.74) is 3.60. The molecule has 0 bridgehead atoms.